The van der Waals surface area contributed by atoms with Crippen LogP contribution in [0.2, 0.25) is 0 Å². The van der Waals surface area contributed by atoms with Crippen molar-refractivity contribution < 1.29 is 14.2 Å². The highest BCUT2D eigenvalue weighted by molar-refractivity contribution is 7.80. The second kappa shape index (κ2) is 7.09. The number of ether oxygens (including phenoxy) is 3. The van der Waals surface area contributed by atoms with E-state index in [-0.39, 0.29) is 12.2 Å². The number of morpholine rings is 1. The van der Waals surface area contributed by atoms with Crippen LogP contribution in [0, 0.1) is 0 Å². The number of methoxy groups -OCH3 is 1. The molecule has 1 aromatic rings. The van der Waals surface area contributed by atoms with Gasteiger partial charge in [-0.25, -0.2) is 0 Å². The smallest absolute Gasteiger partial charge is 0.161 e. The molecule has 0 saturated carbocycles. The first-order chi connectivity index (χ1) is 10.0. The third-order valence-corrected chi connectivity index (χ3v) is 3.91. The summed E-state index contributed by atoms with van der Waals surface area (Å²) < 4.78 is 16.7. The summed E-state index contributed by atoms with van der Waals surface area (Å²) in [7, 11) is 1.64. The van der Waals surface area contributed by atoms with E-state index in [0.717, 1.165) is 29.4 Å². The standard InChI is InChI=1S/C16H23NO3S/c1-5-19-14-7-6-13(8-15(14)18-4)16(21)17-9-11(2)20-12(3)10-17/h6-8,11-12H,5,9-10H2,1-4H3/t11-,12-/m0/s1. The highest BCUT2D eigenvalue weighted by atomic mass is 32.1. The molecule has 21 heavy (non-hydrogen) atoms. The molecule has 0 aromatic heterocycles. The normalized spacial score (nSPS) is 22.0. The molecule has 0 amide bonds. The van der Waals surface area contributed by atoms with E-state index < -0.39 is 0 Å². The molecule has 0 spiro atoms. The van der Waals surface area contributed by atoms with Crippen LogP contribution < -0.4 is 9.47 Å². The van der Waals surface area contributed by atoms with Crippen molar-refractivity contribution in [1.29, 1.82) is 0 Å². The largest absolute Gasteiger partial charge is 0.493 e. The van der Waals surface area contributed by atoms with Crippen LogP contribution in [0.1, 0.15) is 26.3 Å². The number of benzene rings is 1. The van der Waals surface area contributed by atoms with Gasteiger partial charge in [0, 0.05) is 18.7 Å². The monoisotopic (exact) mass is 309 g/mol. The summed E-state index contributed by atoms with van der Waals surface area (Å²) in [4.78, 5) is 3.03. The van der Waals surface area contributed by atoms with Crippen molar-refractivity contribution in [1.82, 2.24) is 4.90 Å². The predicted molar refractivity (Wildman–Crippen MR) is 87.4 cm³/mol. The molecule has 0 radical (unpaired) electrons. The number of hydrogen-bond donors (Lipinski definition) is 0. The summed E-state index contributed by atoms with van der Waals surface area (Å²) in [5.41, 5.74) is 0.978. The highest BCUT2D eigenvalue weighted by Crippen LogP contribution is 2.29. The van der Waals surface area contributed by atoms with Crippen molar-refractivity contribution >= 4 is 17.2 Å². The van der Waals surface area contributed by atoms with Gasteiger partial charge in [0.05, 0.1) is 25.9 Å². The lowest BCUT2D eigenvalue weighted by Crippen LogP contribution is -2.47. The van der Waals surface area contributed by atoms with Gasteiger partial charge < -0.3 is 19.1 Å². The van der Waals surface area contributed by atoms with Crippen molar-refractivity contribution in [3.05, 3.63) is 23.8 Å². The summed E-state index contributed by atoms with van der Waals surface area (Å²) in [6, 6.07) is 5.84. The molecule has 1 fully saturated rings. The maximum Gasteiger partial charge on any atom is 0.161 e. The van der Waals surface area contributed by atoms with E-state index in [1.54, 1.807) is 7.11 Å². The first-order valence-electron chi connectivity index (χ1n) is 7.30. The molecule has 1 aliphatic rings. The minimum Gasteiger partial charge on any atom is -0.493 e. The fraction of sp³-hybridized carbons (Fsp3) is 0.562. The van der Waals surface area contributed by atoms with E-state index in [2.05, 4.69) is 18.7 Å². The van der Waals surface area contributed by atoms with Gasteiger partial charge in [-0.05, 0) is 39.0 Å². The Kier molecular flexibility index (Phi) is 5.42. The van der Waals surface area contributed by atoms with Gasteiger partial charge in [-0.15, -0.1) is 0 Å². The number of thiocarbonyl (C=S) groups is 1. The molecular formula is C16H23NO3S. The van der Waals surface area contributed by atoms with Gasteiger partial charge in [0.25, 0.3) is 0 Å². The van der Waals surface area contributed by atoms with E-state index in [9.17, 15) is 0 Å². The molecular weight excluding hydrogens is 286 g/mol. The lowest BCUT2D eigenvalue weighted by molar-refractivity contribution is -0.0472. The Bertz CT molecular complexity index is 496. The predicted octanol–water partition coefficient (Wildman–Crippen LogP) is 2.88. The van der Waals surface area contributed by atoms with Crippen molar-refractivity contribution in [2.75, 3.05) is 26.8 Å². The maximum absolute atomic E-state index is 5.75. The zero-order valence-corrected chi connectivity index (χ0v) is 13.9. The Morgan fingerprint density at radius 2 is 1.95 bits per heavy atom. The maximum atomic E-state index is 5.75. The molecule has 0 aliphatic carbocycles. The average Bonchev–Trinajstić information content (AvgIpc) is 2.46. The lowest BCUT2D eigenvalue weighted by atomic mass is 10.1. The van der Waals surface area contributed by atoms with Gasteiger partial charge in [0.1, 0.15) is 4.99 Å². The van der Waals surface area contributed by atoms with Crippen LogP contribution in [0.15, 0.2) is 18.2 Å². The Morgan fingerprint density at radius 1 is 1.29 bits per heavy atom. The summed E-state index contributed by atoms with van der Waals surface area (Å²) in [6.07, 6.45) is 0.382. The minimum absolute atomic E-state index is 0.191. The van der Waals surface area contributed by atoms with Gasteiger partial charge in [0.15, 0.2) is 11.5 Å². The molecule has 2 atom stereocenters. The average molecular weight is 309 g/mol. The van der Waals surface area contributed by atoms with Crippen LogP contribution >= 0.6 is 12.2 Å². The van der Waals surface area contributed by atoms with Crippen molar-refractivity contribution in [3.63, 3.8) is 0 Å². The molecule has 4 nitrogen and oxygen atoms in total. The minimum atomic E-state index is 0.191. The zero-order chi connectivity index (χ0) is 15.4. The summed E-state index contributed by atoms with van der Waals surface area (Å²) >= 11 is 5.64. The van der Waals surface area contributed by atoms with E-state index >= 15 is 0 Å². The van der Waals surface area contributed by atoms with Gasteiger partial charge in [-0.3, -0.25) is 0 Å². The van der Waals surface area contributed by atoms with Crippen molar-refractivity contribution in [2.45, 2.75) is 33.0 Å². The fourth-order valence-electron chi connectivity index (χ4n) is 2.60. The van der Waals surface area contributed by atoms with Gasteiger partial charge >= 0.3 is 0 Å². The molecule has 0 unspecified atom stereocenters. The molecule has 5 heteroatoms. The van der Waals surface area contributed by atoms with E-state index in [1.807, 2.05) is 25.1 Å². The molecule has 1 aliphatic heterocycles. The first-order valence-corrected chi connectivity index (χ1v) is 7.71. The quantitative estimate of drug-likeness (QED) is 0.798. The topological polar surface area (TPSA) is 30.9 Å². The van der Waals surface area contributed by atoms with Crippen LogP contribution in [0.4, 0.5) is 0 Å². The molecule has 2 rings (SSSR count). The molecule has 116 valence electrons. The summed E-state index contributed by atoms with van der Waals surface area (Å²) in [5.74, 6) is 1.46. The molecule has 1 aromatic carbocycles. The van der Waals surface area contributed by atoms with Gasteiger partial charge in [0.2, 0.25) is 0 Å². The van der Waals surface area contributed by atoms with Crippen LogP contribution in [-0.2, 0) is 4.74 Å². The SMILES string of the molecule is CCOc1ccc(C(=S)N2C[C@H](C)O[C@@H](C)C2)cc1OC. The molecule has 1 saturated heterocycles. The first kappa shape index (κ1) is 16.0. The van der Waals surface area contributed by atoms with Crippen molar-refractivity contribution in [2.24, 2.45) is 0 Å². The van der Waals surface area contributed by atoms with E-state index in [1.165, 1.54) is 0 Å². The molecule has 0 N–H and O–H groups in total. The fourth-order valence-corrected chi connectivity index (χ4v) is 2.88. The Morgan fingerprint density at radius 3 is 2.52 bits per heavy atom. The third-order valence-electron chi connectivity index (χ3n) is 3.42. The second-order valence-corrected chi connectivity index (χ2v) is 5.65. The highest BCUT2D eigenvalue weighted by Gasteiger charge is 2.24. The van der Waals surface area contributed by atoms with Crippen LogP contribution in [-0.4, -0.2) is 48.9 Å². The number of hydrogen-bond acceptors (Lipinski definition) is 4. The van der Waals surface area contributed by atoms with Crippen LogP contribution in [0.25, 0.3) is 0 Å². The van der Waals surface area contributed by atoms with Crippen LogP contribution in [0.5, 0.6) is 11.5 Å². The number of nitrogens with zero attached hydrogens (tertiary/aromatic N) is 1. The zero-order valence-electron chi connectivity index (χ0n) is 13.1. The van der Waals surface area contributed by atoms with Crippen molar-refractivity contribution in [3.8, 4) is 11.5 Å². The summed E-state index contributed by atoms with van der Waals surface area (Å²) in [6.45, 7) is 8.35. The molecule has 1 heterocycles. The second-order valence-electron chi connectivity index (χ2n) is 5.27. The van der Waals surface area contributed by atoms with E-state index in [0.29, 0.717) is 12.4 Å². The Balaban J connectivity index is 2.19. The Labute approximate surface area is 132 Å². The van der Waals surface area contributed by atoms with Gasteiger partial charge in [-0.2, -0.15) is 0 Å². The van der Waals surface area contributed by atoms with Gasteiger partial charge in [-0.1, -0.05) is 12.2 Å². The summed E-state index contributed by atoms with van der Waals surface area (Å²) in [5, 5.41) is 0. The third kappa shape index (κ3) is 3.86. The van der Waals surface area contributed by atoms with E-state index in [4.69, 9.17) is 26.4 Å². The van der Waals surface area contributed by atoms with Crippen LogP contribution in [0.3, 0.4) is 0 Å². The number of rotatable bonds is 4. The Hall–Kier alpha value is -1.33. The lowest BCUT2D eigenvalue weighted by Gasteiger charge is -2.37. The molecule has 0 bridgehead atoms.